The maximum atomic E-state index is 11.7. The normalized spacial score (nSPS) is 11.0. The summed E-state index contributed by atoms with van der Waals surface area (Å²) in [6, 6.07) is 24.9. The lowest BCUT2D eigenvalue weighted by Gasteiger charge is -2.14. The van der Waals surface area contributed by atoms with Crippen molar-refractivity contribution in [3.8, 4) is 0 Å². The largest absolute Gasteiger partial charge is 0.350 e. The van der Waals surface area contributed by atoms with E-state index >= 15 is 0 Å². The molecule has 3 aromatic rings. The molecule has 0 radical (unpaired) electrons. The van der Waals surface area contributed by atoms with Crippen molar-refractivity contribution in [3.05, 3.63) is 107 Å². The molecule has 8 nitrogen and oxygen atoms in total. The van der Waals surface area contributed by atoms with Gasteiger partial charge < -0.3 is 11.5 Å². The van der Waals surface area contributed by atoms with Gasteiger partial charge in [-0.1, -0.05) is 78.9 Å². The third kappa shape index (κ3) is 6.81. The van der Waals surface area contributed by atoms with Crippen LogP contribution < -0.4 is 11.5 Å². The number of rotatable bonds is 8. The zero-order chi connectivity index (χ0) is 22.8. The molecule has 0 aliphatic heterocycles. The predicted octanol–water partition coefficient (Wildman–Crippen LogP) is 3.52. The second kappa shape index (κ2) is 11.1. The molecule has 4 N–H and O–H groups in total. The van der Waals surface area contributed by atoms with Gasteiger partial charge in [0.1, 0.15) is 0 Å². The monoisotopic (exact) mass is 428 g/mol. The molecule has 162 valence electrons. The van der Waals surface area contributed by atoms with Gasteiger partial charge in [0.25, 0.3) is 0 Å². The van der Waals surface area contributed by atoms with E-state index in [2.05, 4.69) is 10.2 Å². The summed E-state index contributed by atoms with van der Waals surface area (Å²) in [5.74, 6) is 0. The topological polar surface area (TPSA) is 117 Å². The van der Waals surface area contributed by atoms with Crippen LogP contribution in [-0.2, 0) is 13.1 Å². The molecule has 8 heteroatoms. The molecule has 0 aromatic heterocycles. The van der Waals surface area contributed by atoms with Crippen LogP contribution >= 0.6 is 0 Å². The Morgan fingerprint density at radius 3 is 1.44 bits per heavy atom. The molecule has 0 unspecified atom stereocenters. The van der Waals surface area contributed by atoms with Gasteiger partial charge in [-0.2, -0.15) is 10.2 Å². The lowest BCUT2D eigenvalue weighted by atomic mass is 10.1. The minimum atomic E-state index is -0.652. The average molecular weight is 428 g/mol. The molecule has 0 bridgehead atoms. The lowest BCUT2D eigenvalue weighted by Crippen LogP contribution is -2.31. The molecule has 0 aliphatic carbocycles. The summed E-state index contributed by atoms with van der Waals surface area (Å²) in [6.07, 6.45) is 3.09. The number of hydrogen-bond donors (Lipinski definition) is 2. The highest BCUT2D eigenvalue weighted by atomic mass is 16.2. The Bertz CT molecular complexity index is 1010. The van der Waals surface area contributed by atoms with E-state index < -0.39 is 12.1 Å². The van der Waals surface area contributed by atoms with Gasteiger partial charge in [0, 0.05) is 0 Å². The van der Waals surface area contributed by atoms with Crippen LogP contribution in [0.25, 0.3) is 0 Å². The number of urea groups is 2. The Kier molecular flexibility index (Phi) is 7.69. The lowest BCUT2D eigenvalue weighted by molar-refractivity contribution is 0.207. The van der Waals surface area contributed by atoms with Gasteiger partial charge in [-0.25, -0.2) is 19.6 Å². The van der Waals surface area contributed by atoms with E-state index in [1.165, 1.54) is 10.0 Å². The number of benzene rings is 3. The Balaban J connectivity index is 1.70. The zero-order valence-electron chi connectivity index (χ0n) is 17.4. The van der Waals surface area contributed by atoms with Gasteiger partial charge in [-0.3, -0.25) is 0 Å². The van der Waals surface area contributed by atoms with Crippen LogP contribution in [0.2, 0.25) is 0 Å². The van der Waals surface area contributed by atoms with Crippen LogP contribution in [0.5, 0.6) is 0 Å². The minimum Gasteiger partial charge on any atom is -0.350 e. The Labute approximate surface area is 186 Å². The van der Waals surface area contributed by atoms with Crippen molar-refractivity contribution in [1.82, 2.24) is 10.0 Å². The second-order valence-corrected chi connectivity index (χ2v) is 6.92. The Morgan fingerprint density at radius 1 is 0.656 bits per heavy atom. The summed E-state index contributed by atoms with van der Waals surface area (Å²) in [5.41, 5.74) is 14.2. The average Bonchev–Trinajstić information content (AvgIpc) is 2.80. The molecule has 4 amide bonds. The fourth-order valence-electron chi connectivity index (χ4n) is 2.86. The first-order chi connectivity index (χ1) is 15.5. The predicted molar refractivity (Wildman–Crippen MR) is 125 cm³/mol. The fraction of sp³-hybridized carbons (Fsp3) is 0.0833. The third-order valence-electron chi connectivity index (χ3n) is 4.46. The molecule has 0 fully saturated rings. The van der Waals surface area contributed by atoms with Crippen LogP contribution in [-0.4, -0.2) is 34.5 Å². The number of nitrogens with zero attached hydrogens (tertiary/aromatic N) is 4. The van der Waals surface area contributed by atoms with Crippen molar-refractivity contribution < 1.29 is 9.59 Å². The molecule has 0 atom stereocenters. The number of carbonyl (C=O) groups excluding carboxylic acids is 2. The maximum absolute atomic E-state index is 11.7. The molecular formula is C24H24N6O2. The Hall–Kier alpha value is -4.46. The zero-order valence-corrected chi connectivity index (χ0v) is 17.4. The van der Waals surface area contributed by atoms with Gasteiger partial charge >= 0.3 is 12.1 Å². The van der Waals surface area contributed by atoms with Crippen molar-refractivity contribution >= 4 is 24.5 Å². The summed E-state index contributed by atoms with van der Waals surface area (Å²) < 4.78 is 0. The third-order valence-corrected chi connectivity index (χ3v) is 4.46. The number of carbonyl (C=O) groups is 2. The van der Waals surface area contributed by atoms with Gasteiger partial charge in [-0.15, -0.1) is 0 Å². The van der Waals surface area contributed by atoms with E-state index in [0.717, 1.165) is 22.3 Å². The molecule has 3 aromatic carbocycles. The minimum absolute atomic E-state index is 0.265. The van der Waals surface area contributed by atoms with E-state index in [0.29, 0.717) is 0 Å². The number of nitrogens with two attached hydrogens (primary N) is 2. The van der Waals surface area contributed by atoms with E-state index in [9.17, 15) is 9.59 Å². The van der Waals surface area contributed by atoms with Crippen molar-refractivity contribution in [2.24, 2.45) is 21.7 Å². The number of amides is 4. The second-order valence-electron chi connectivity index (χ2n) is 6.92. The summed E-state index contributed by atoms with van der Waals surface area (Å²) in [6.45, 7) is 0.530. The highest BCUT2D eigenvalue weighted by Gasteiger charge is 2.09. The molecule has 0 spiro atoms. The van der Waals surface area contributed by atoms with Gasteiger partial charge in [-0.05, 0) is 28.3 Å². The standard InChI is InChI=1S/C24H24N6O2/c25-23(31)29(17-19-8-3-1-4-9-19)27-15-21-12-7-13-22(14-21)16-28-30(24(26)32)18-20-10-5-2-6-11-20/h1-16H,17-18H2,(H2,25,31)(H2,26,32)/b27-15+,28-16+. The Morgan fingerprint density at radius 2 is 1.06 bits per heavy atom. The SMILES string of the molecule is NC(=O)N(Cc1ccccc1)/N=C/c1cccc(/C=N/N(Cc2ccccc2)C(N)=O)c1. The molecule has 0 saturated heterocycles. The van der Waals surface area contributed by atoms with Crippen LogP contribution in [0.3, 0.4) is 0 Å². The maximum Gasteiger partial charge on any atom is 0.335 e. The number of primary amides is 2. The molecule has 3 rings (SSSR count). The molecular weight excluding hydrogens is 404 g/mol. The van der Waals surface area contributed by atoms with Crippen LogP contribution in [0.1, 0.15) is 22.3 Å². The van der Waals surface area contributed by atoms with Gasteiger partial charge in [0.05, 0.1) is 25.5 Å². The van der Waals surface area contributed by atoms with E-state index in [1.54, 1.807) is 12.4 Å². The van der Waals surface area contributed by atoms with E-state index in [1.807, 2.05) is 84.9 Å². The van der Waals surface area contributed by atoms with Crippen molar-refractivity contribution in [2.45, 2.75) is 13.1 Å². The van der Waals surface area contributed by atoms with Gasteiger partial charge in [0.2, 0.25) is 0 Å². The summed E-state index contributed by atoms with van der Waals surface area (Å²) in [4.78, 5) is 23.5. The summed E-state index contributed by atoms with van der Waals surface area (Å²) >= 11 is 0. The van der Waals surface area contributed by atoms with E-state index in [4.69, 9.17) is 11.5 Å². The molecule has 32 heavy (non-hydrogen) atoms. The highest BCUT2D eigenvalue weighted by molar-refractivity contribution is 5.87. The van der Waals surface area contributed by atoms with Crippen LogP contribution in [0.15, 0.2) is 95.1 Å². The fourth-order valence-corrected chi connectivity index (χ4v) is 2.86. The van der Waals surface area contributed by atoms with Crippen molar-refractivity contribution in [3.63, 3.8) is 0 Å². The quantitative estimate of drug-likeness (QED) is 0.422. The molecule has 0 aliphatic rings. The molecule has 0 saturated carbocycles. The molecule has 0 heterocycles. The number of hydrogen-bond acceptors (Lipinski definition) is 4. The highest BCUT2D eigenvalue weighted by Crippen LogP contribution is 2.08. The van der Waals surface area contributed by atoms with Crippen molar-refractivity contribution in [1.29, 1.82) is 0 Å². The summed E-state index contributed by atoms with van der Waals surface area (Å²) in [7, 11) is 0. The van der Waals surface area contributed by atoms with Crippen molar-refractivity contribution in [2.75, 3.05) is 0 Å². The van der Waals surface area contributed by atoms with Crippen LogP contribution in [0.4, 0.5) is 9.59 Å². The first-order valence-electron chi connectivity index (χ1n) is 9.91. The summed E-state index contributed by atoms with van der Waals surface area (Å²) in [5, 5.41) is 10.8. The number of hydrazone groups is 2. The first-order valence-corrected chi connectivity index (χ1v) is 9.91. The van der Waals surface area contributed by atoms with E-state index in [-0.39, 0.29) is 13.1 Å². The van der Waals surface area contributed by atoms with Crippen LogP contribution in [0, 0.1) is 0 Å². The van der Waals surface area contributed by atoms with Gasteiger partial charge in [0.15, 0.2) is 0 Å². The smallest absolute Gasteiger partial charge is 0.335 e. The first kappa shape index (κ1) is 22.2.